The minimum absolute atomic E-state index is 0.0405. The Morgan fingerprint density at radius 1 is 1.32 bits per heavy atom. The van der Waals surface area contributed by atoms with Gasteiger partial charge in [0, 0.05) is 19.3 Å². The second-order valence-electron chi connectivity index (χ2n) is 6.20. The third-order valence-electron chi connectivity index (χ3n) is 4.19. The van der Waals surface area contributed by atoms with E-state index in [1.807, 2.05) is 11.1 Å². The summed E-state index contributed by atoms with van der Waals surface area (Å²) < 4.78 is 8.15. The molecule has 0 aromatic carbocycles. The number of nitrogens with one attached hydrogen (secondary N) is 1. The molecular formula is C17H21BrN4O3. The van der Waals surface area contributed by atoms with Crippen LogP contribution in [0.2, 0.25) is 0 Å². The number of aromatic nitrogens is 2. The van der Waals surface area contributed by atoms with E-state index in [0.29, 0.717) is 12.3 Å². The maximum Gasteiger partial charge on any atom is 0.287 e. The van der Waals surface area contributed by atoms with Gasteiger partial charge in [0.1, 0.15) is 11.8 Å². The zero-order valence-electron chi connectivity index (χ0n) is 14.1. The van der Waals surface area contributed by atoms with Gasteiger partial charge < -0.3 is 14.6 Å². The SMILES string of the molecule is CC(NC(=O)c1ccc(Cn2cc(Br)cn2)o1)C(=O)N1CCCCC1. The van der Waals surface area contributed by atoms with Crippen LogP contribution in [0.4, 0.5) is 0 Å². The number of hydrogen-bond acceptors (Lipinski definition) is 4. The molecule has 1 atom stereocenters. The highest BCUT2D eigenvalue weighted by atomic mass is 79.9. The minimum atomic E-state index is -0.568. The Bertz CT molecular complexity index is 749. The summed E-state index contributed by atoms with van der Waals surface area (Å²) in [7, 11) is 0. The molecule has 1 aliphatic heterocycles. The van der Waals surface area contributed by atoms with E-state index in [1.165, 1.54) is 0 Å². The van der Waals surface area contributed by atoms with Crippen LogP contribution in [0, 0.1) is 0 Å². The summed E-state index contributed by atoms with van der Waals surface area (Å²) in [6.45, 7) is 3.67. The molecule has 3 rings (SSSR count). The summed E-state index contributed by atoms with van der Waals surface area (Å²) in [5, 5.41) is 6.87. The molecule has 0 saturated carbocycles. The van der Waals surface area contributed by atoms with Gasteiger partial charge in [0.25, 0.3) is 5.91 Å². The number of nitrogens with zero attached hydrogens (tertiary/aromatic N) is 3. The fourth-order valence-corrected chi connectivity index (χ4v) is 3.21. The quantitative estimate of drug-likeness (QED) is 0.823. The minimum Gasteiger partial charge on any atom is -0.454 e. The second kappa shape index (κ2) is 7.86. The van der Waals surface area contributed by atoms with Crippen LogP contribution < -0.4 is 5.32 Å². The van der Waals surface area contributed by atoms with Gasteiger partial charge in [-0.05, 0) is 54.2 Å². The number of carbonyl (C=O) groups is 2. The van der Waals surface area contributed by atoms with Gasteiger partial charge in [0.15, 0.2) is 5.76 Å². The first-order valence-electron chi connectivity index (χ1n) is 8.39. The Labute approximate surface area is 154 Å². The van der Waals surface area contributed by atoms with Gasteiger partial charge in [-0.25, -0.2) is 0 Å². The largest absolute Gasteiger partial charge is 0.454 e. The third kappa shape index (κ3) is 4.50. The highest BCUT2D eigenvalue weighted by Gasteiger charge is 2.24. The summed E-state index contributed by atoms with van der Waals surface area (Å²) in [6.07, 6.45) is 6.72. The molecule has 0 spiro atoms. The van der Waals surface area contributed by atoms with Crippen molar-refractivity contribution in [1.82, 2.24) is 20.0 Å². The van der Waals surface area contributed by atoms with Crippen molar-refractivity contribution in [1.29, 1.82) is 0 Å². The molecular weight excluding hydrogens is 388 g/mol. The van der Waals surface area contributed by atoms with E-state index in [9.17, 15) is 9.59 Å². The molecule has 1 unspecified atom stereocenters. The predicted molar refractivity (Wildman–Crippen MR) is 95.1 cm³/mol. The van der Waals surface area contributed by atoms with Crippen LogP contribution in [0.25, 0.3) is 0 Å². The first-order valence-corrected chi connectivity index (χ1v) is 9.18. The second-order valence-corrected chi connectivity index (χ2v) is 7.12. The molecule has 2 aromatic rings. The van der Waals surface area contributed by atoms with Crippen molar-refractivity contribution in [3.63, 3.8) is 0 Å². The lowest BCUT2D eigenvalue weighted by atomic mass is 10.1. The van der Waals surface area contributed by atoms with Gasteiger partial charge in [-0.2, -0.15) is 5.10 Å². The number of halogens is 1. The average Bonchev–Trinajstić information content (AvgIpc) is 3.24. The number of amides is 2. The van der Waals surface area contributed by atoms with Gasteiger partial charge in [-0.3, -0.25) is 14.3 Å². The van der Waals surface area contributed by atoms with Gasteiger partial charge in [-0.15, -0.1) is 0 Å². The molecule has 134 valence electrons. The van der Waals surface area contributed by atoms with Crippen LogP contribution in [0.5, 0.6) is 0 Å². The van der Waals surface area contributed by atoms with Crippen LogP contribution >= 0.6 is 15.9 Å². The van der Waals surface area contributed by atoms with Crippen LogP contribution in [0.1, 0.15) is 42.5 Å². The van der Waals surface area contributed by atoms with Gasteiger partial charge in [-0.1, -0.05) is 0 Å². The molecule has 3 heterocycles. The van der Waals surface area contributed by atoms with Crippen LogP contribution in [-0.4, -0.2) is 45.6 Å². The summed E-state index contributed by atoms with van der Waals surface area (Å²) >= 11 is 3.33. The molecule has 1 aliphatic rings. The van der Waals surface area contributed by atoms with Crippen molar-refractivity contribution in [2.45, 2.75) is 38.8 Å². The number of likely N-dealkylation sites (tertiary alicyclic amines) is 1. The average molecular weight is 409 g/mol. The molecule has 1 N–H and O–H groups in total. The summed E-state index contributed by atoms with van der Waals surface area (Å²) in [4.78, 5) is 26.5. The molecule has 8 heteroatoms. The monoisotopic (exact) mass is 408 g/mol. The van der Waals surface area contributed by atoms with Gasteiger partial charge in [0.2, 0.25) is 5.91 Å². The van der Waals surface area contributed by atoms with Crippen LogP contribution in [0.15, 0.2) is 33.4 Å². The lowest BCUT2D eigenvalue weighted by Crippen LogP contribution is -2.48. The lowest BCUT2D eigenvalue weighted by Gasteiger charge is -2.29. The molecule has 2 aromatic heterocycles. The fraction of sp³-hybridized carbons (Fsp3) is 0.471. The molecule has 1 saturated heterocycles. The molecule has 0 radical (unpaired) electrons. The molecule has 0 aliphatic carbocycles. The number of hydrogen-bond donors (Lipinski definition) is 1. The van der Waals surface area contributed by atoms with Crippen molar-refractivity contribution >= 4 is 27.7 Å². The van der Waals surface area contributed by atoms with E-state index in [0.717, 1.165) is 36.8 Å². The topological polar surface area (TPSA) is 80.4 Å². The Balaban J connectivity index is 1.56. The number of rotatable bonds is 5. The van der Waals surface area contributed by atoms with Crippen molar-refractivity contribution in [3.8, 4) is 0 Å². The Morgan fingerprint density at radius 2 is 2.08 bits per heavy atom. The van der Waals surface area contributed by atoms with E-state index in [-0.39, 0.29) is 17.6 Å². The molecule has 2 amide bonds. The van der Waals surface area contributed by atoms with Crippen molar-refractivity contribution in [2.75, 3.05) is 13.1 Å². The van der Waals surface area contributed by atoms with Crippen molar-refractivity contribution in [3.05, 3.63) is 40.5 Å². The highest BCUT2D eigenvalue weighted by molar-refractivity contribution is 9.10. The fourth-order valence-electron chi connectivity index (χ4n) is 2.89. The smallest absolute Gasteiger partial charge is 0.287 e. The van der Waals surface area contributed by atoms with E-state index in [4.69, 9.17) is 4.42 Å². The Kier molecular flexibility index (Phi) is 5.57. The summed E-state index contributed by atoms with van der Waals surface area (Å²) in [5.74, 6) is 0.391. The Morgan fingerprint density at radius 3 is 2.76 bits per heavy atom. The maximum absolute atomic E-state index is 12.4. The first-order chi connectivity index (χ1) is 12.0. The van der Waals surface area contributed by atoms with E-state index < -0.39 is 6.04 Å². The molecule has 0 bridgehead atoms. The maximum atomic E-state index is 12.4. The van der Waals surface area contributed by atoms with Crippen molar-refractivity contribution < 1.29 is 14.0 Å². The number of piperidine rings is 1. The number of carbonyl (C=O) groups excluding carboxylic acids is 2. The predicted octanol–water partition coefficient (Wildman–Crippen LogP) is 2.42. The van der Waals surface area contributed by atoms with Crippen LogP contribution in [-0.2, 0) is 11.3 Å². The van der Waals surface area contributed by atoms with E-state index in [1.54, 1.807) is 29.9 Å². The molecule has 1 fully saturated rings. The molecule has 7 nitrogen and oxygen atoms in total. The van der Waals surface area contributed by atoms with Crippen molar-refractivity contribution in [2.24, 2.45) is 0 Å². The van der Waals surface area contributed by atoms with E-state index in [2.05, 4.69) is 26.3 Å². The summed E-state index contributed by atoms with van der Waals surface area (Å²) in [5.41, 5.74) is 0. The zero-order valence-corrected chi connectivity index (χ0v) is 15.7. The Hall–Kier alpha value is -2.09. The summed E-state index contributed by atoms with van der Waals surface area (Å²) in [6, 6.07) is 2.78. The standard InChI is InChI=1S/C17H21BrN4O3/c1-12(17(24)21-7-3-2-4-8-21)20-16(23)15-6-5-14(25-15)11-22-10-13(18)9-19-22/h5-6,9-10,12H,2-4,7-8,11H2,1H3,(H,20,23). The highest BCUT2D eigenvalue weighted by Crippen LogP contribution is 2.13. The van der Waals surface area contributed by atoms with Gasteiger partial charge in [0.05, 0.1) is 17.2 Å². The van der Waals surface area contributed by atoms with E-state index >= 15 is 0 Å². The first kappa shape index (κ1) is 17.7. The lowest BCUT2D eigenvalue weighted by molar-refractivity contribution is -0.133. The zero-order chi connectivity index (χ0) is 17.8. The number of furan rings is 1. The van der Waals surface area contributed by atoms with Crippen LogP contribution in [0.3, 0.4) is 0 Å². The molecule has 25 heavy (non-hydrogen) atoms. The van der Waals surface area contributed by atoms with Gasteiger partial charge >= 0.3 is 0 Å². The third-order valence-corrected chi connectivity index (χ3v) is 4.60. The normalized spacial score (nSPS) is 15.8.